The van der Waals surface area contributed by atoms with Crippen molar-refractivity contribution in [1.82, 2.24) is 5.32 Å². The van der Waals surface area contributed by atoms with Crippen LogP contribution in [0.4, 0.5) is 0 Å². The molecule has 0 aromatic carbocycles. The van der Waals surface area contributed by atoms with E-state index in [4.69, 9.17) is 5.11 Å². The first-order valence-electron chi connectivity index (χ1n) is 10.7. The van der Waals surface area contributed by atoms with Gasteiger partial charge in [0.1, 0.15) is 0 Å². The summed E-state index contributed by atoms with van der Waals surface area (Å²) in [7, 11) is 0. The van der Waals surface area contributed by atoms with Crippen LogP contribution in [0.1, 0.15) is 103 Å². The second-order valence-corrected chi connectivity index (χ2v) is 7.83. The van der Waals surface area contributed by atoms with Crippen molar-refractivity contribution < 1.29 is 14.7 Å². The van der Waals surface area contributed by atoms with Gasteiger partial charge in [-0.2, -0.15) is 12.6 Å². The molecule has 0 spiro atoms. The number of rotatable bonds is 19. The van der Waals surface area contributed by atoms with E-state index in [2.05, 4.69) is 17.9 Å². The lowest BCUT2D eigenvalue weighted by Crippen LogP contribution is -2.30. The molecule has 0 saturated heterocycles. The number of carboxylic acids is 1. The number of carbonyl (C=O) groups is 2. The Morgan fingerprint density at radius 1 is 0.769 bits per heavy atom. The molecular formula is C21H41NO3S. The number of unbranched alkanes of at least 4 members (excludes halogenated alkanes) is 13. The molecular weight excluding hydrogens is 346 g/mol. The van der Waals surface area contributed by atoms with E-state index in [0.717, 1.165) is 25.8 Å². The standard InChI is InChI=1S/C21H41NO3S/c1-19(18-26)21(25)22-17-15-13-11-9-7-5-3-2-4-6-8-10-12-14-16-20(23)24/h19,26H,2-18H2,1H3,(H,22,25)(H,23,24). The van der Waals surface area contributed by atoms with Crippen LogP contribution in [0.3, 0.4) is 0 Å². The number of hydrogen-bond donors (Lipinski definition) is 3. The average Bonchev–Trinajstić information content (AvgIpc) is 2.63. The lowest BCUT2D eigenvalue weighted by Gasteiger charge is -2.09. The van der Waals surface area contributed by atoms with E-state index in [1.54, 1.807) is 0 Å². The highest BCUT2D eigenvalue weighted by Gasteiger charge is 2.08. The zero-order valence-electron chi connectivity index (χ0n) is 16.8. The van der Waals surface area contributed by atoms with E-state index in [9.17, 15) is 9.59 Å². The van der Waals surface area contributed by atoms with Crippen LogP contribution < -0.4 is 5.32 Å². The molecule has 5 heteroatoms. The van der Waals surface area contributed by atoms with Gasteiger partial charge in [-0.3, -0.25) is 9.59 Å². The first kappa shape index (κ1) is 25.3. The molecule has 1 amide bonds. The average molecular weight is 388 g/mol. The van der Waals surface area contributed by atoms with Crippen LogP contribution >= 0.6 is 12.6 Å². The number of carbonyl (C=O) groups excluding carboxylic acids is 1. The molecule has 0 aliphatic rings. The Kier molecular flexibility index (Phi) is 18.5. The monoisotopic (exact) mass is 387 g/mol. The minimum atomic E-state index is -0.671. The van der Waals surface area contributed by atoms with Crippen LogP contribution in [-0.4, -0.2) is 29.3 Å². The predicted octanol–water partition coefficient (Wildman–Crippen LogP) is 5.60. The molecule has 26 heavy (non-hydrogen) atoms. The maximum absolute atomic E-state index is 11.6. The minimum absolute atomic E-state index is 0.00951. The highest BCUT2D eigenvalue weighted by Crippen LogP contribution is 2.13. The summed E-state index contributed by atoms with van der Waals surface area (Å²) in [6.07, 6.45) is 17.5. The fourth-order valence-electron chi connectivity index (χ4n) is 2.99. The number of aliphatic carboxylic acids is 1. The van der Waals surface area contributed by atoms with Crippen molar-refractivity contribution in [2.24, 2.45) is 5.92 Å². The molecule has 0 aliphatic carbocycles. The van der Waals surface area contributed by atoms with Crippen molar-refractivity contribution >= 4 is 24.5 Å². The van der Waals surface area contributed by atoms with Crippen molar-refractivity contribution in [3.05, 3.63) is 0 Å². The van der Waals surface area contributed by atoms with Gasteiger partial charge >= 0.3 is 5.97 Å². The van der Waals surface area contributed by atoms with Gasteiger partial charge in [0.2, 0.25) is 5.91 Å². The van der Waals surface area contributed by atoms with E-state index >= 15 is 0 Å². The first-order chi connectivity index (χ1) is 12.6. The van der Waals surface area contributed by atoms with Gasteiger partial charge in [-0.05, 0) is 12.8 Å². The van der Waals surface area contributed by atoms with E-state index < -0.39 is 5.97 Å². The van der Waals surface area contributed by atoms with Gasteiger partial charge in [0.15, 0.2) is 0 Å². The molecule has 1 unspecified atom stereocenters. The summed E-state index contributed by atoms with van der Waals surface area (Å²) < 4.78 is 0. The highest BCUT2D eigenvalue weighted by atomic mass is 32.1. The predicted molar refractivity (Wildman–Crippen MR) is 113 cm³/mol. The summed E-state index contributed by atoms with van der Waals surface area (Å²) >= 11 is 4.14. The van der Waals surface area contributed by atoms with Crippen LogP contribution in [0.15, 0.2) is 0 Å². The Bertz CT molecular complexity index is 350. The highest BCUT2D eigenvalue weighted by molar-refractivity contribution is 7.80. The second-order valence-electron chi connectivity index (χ2n) is 7.47. The van der Waals surface area contributed by atoms with Crippen LogP contribution in [0, 0.1) is 5.92 Å². The Morgan fingerprint density at radius 3 is 1.54 bits per heavy atom. The van der Waals surface area contributed by atoms with Gasteiger partial charge in [0, 0.05) is 24.6 Å². The Balaban J connectivity index is 3.11. The molecule has 154 valence electrons. The van der Waals surface area contributed by atoms with Crippen molar-refractivity contribution in [3.8, 4) is 0 Å². The van der Waals surface area contributed by atoms with E-state index in [0.29, 0.717) is 12.2 Å². The second kappa shape index (κ2) is 19.1. The molecule has 4 nitrogen and oxygen atoms in total. The van der Waals surface area contributed by atoms with Crippen LogP contribution in [0.25, 0.3) is 0 Å². The molecule has 0 aromatic heterocycles. The summed E-state index contributed by atoms with van der Waals surface area (Å²) in [6.45, 7) is 2.71. The first-order valence-corrected chi connectivity index (χ1v) is 11.3. The summed E-state index contributed by atoms with van der Waals surface area (Å²) in [4.78, 5) is 22.0. The summed E-state index contributed by atoms with van der Waals surface area (Å²) in [5, 5.41) is 11.5. The summed E-state index contributed by atoms with van der Waals surface area (Å²) in [6, 6.07) is 0. The Hall–Kier alpha value is -0.710. The number of thiol groups is 1. The van der Waals surface area contributed by atoms with Crippen molar-refractivity contribution in [3.63, 3.8) is 0 Å². The third-order valence-corrected chi connectivity index (χ3v) is 5.39. The zero-order valence-corrected chi connectivity index (χ0v) is 17.7. The van der Waals surface area contributed by atoms with E-state index in [1.807, 2.05) is 6.92 Å². The third-order valence-electron chi connectivity index (χ3n) is 4.84. The number of nitrogens with one attached hydrogen (secondary N) is 1. The molecule has 0 heterocycles. The summed E-state index contributed by atoms with van der Waals surface area (Å²) in [5.74, 6) is 0.0738. The van der Waals surface area contributed by atoms with Crippen LogP contribution in [-0.2, 0) is 9.59 Å². The molecule has 0 radical (unpaired) electrons. The Labute approximate surface area is 166 Å². The maximum atomic E-state index is 11.6. The largest absolute Gasteiger partial charge is 0.481 e. The zero-order chi connectivity index (χ0) is 19.5. The van der Waals surface area contributed by atoms with E-state index in [-0.39, 0.29) is 11.8 Å². The minimum Gasteiger partial charge on any atom is -0.481 e. The normalized spacial score (nSPS) is 12.1. The molecule has 0 bridgehead atoms. The molecule has 0 saturated carbocycles. The van der Waals surface area contributed by atoms with Crippen molar-refractivity contribution in [1.29, 1.82) is 0 Å². The fourth-order valence-corrected chi connectivity index (χ4v) is 3.16. The van der Waals surface area contributed by atoms with Gasteiger partial charge in [0.05, 0.1) is 0 Å². The number of hydrogen-bond acceptors (Lipinski definition) is 3. The van der Waals surface area contributed by atoms with E-state index in [1.165, 1.54) is 70.6 Å². The number of carboxylic acid groups (broad SMARTS) is 1. The molecule has 0 aliphatic heterocycles. The topological polar surface area (TPSA) is 66.4 Å². The molecule has 2 N–H and O–H groups in total. The molecule has 1 atom stereocenters. The van der Waals surface area contributed by atoms with Gasteiger partial charge < -0.3 is 10.4 Å². The van der Waals surface area contributed by atoms with Gasteiger partial charge in [-0.25, -0.2) is 0 Å². The molecule has 0 aromatic rings. The molecule has 0 fully saturated rings. The van der Waals surface area contributed by atoms with Gasteiger partial charge in [-0.1, -0.05) is 84.0 Å². The number of amides is 1. The van der Waals surface area contributed by atoms with Crippen LogP contribution in [0.5, 0.6) is 0 Å². The molecule has 0 rings (SSSR count). The SMILES string of the molecule is CC(CS)C(=O)NCCCCCCCCCCCCCCCCC(=O)O. The maximum Gasteiger partial charge on any atom is 0.303 e. The van der Waals surface area contributed by atoms with Crippen LogP contribution in [0.2, 0.25) is 0 Å². The van der Waals surface area contributed by atoms with Crippen molar-refractivity contribution in [2.75, 3.05) is 12.3 Å². The quantitative estimate of drug-likeness (QED) is 0.199. The summed E-state index contributed by atoms with van der Waals surface area (Å²) in [5.41, 5.74) is 0. The third kappa shape index (κ3) is 18.1. The van der Waals surface area contributed by atoms with Gasteiger partial charge in [-0.15, -0.1) is 0 Å². The lowest BCUT2D eigenvalue weighted by molar-refractivity contribution is -0.137. The van der Waals surface area contributed by atoms with Crippen molar-refractivity contribution in [2.45, 2.75) is 103 Å². The smallest absolute Gasteiger partial charge is 0.303 e. The lowest BCUT2D eigenvalue weighted by atomic mass is 10.0. The van der Waals surface area contributed by atoms with Gasteiger partial charge in [0.25, 0.3) is 0 Å². The fraction of sp³-hybridized carbons (Fsp3) is 0.905. The Morgan fingerprint density at radius 2 is 1.15 bits per heavy atom.